The van der Waals surface area contributed by atoms with Gasteiger partial charge in [-0.2, -0.15) is 0 Å². The number of ether oxygens (including phenoxy) is 1. The van der Waals surface area contributed by atoms with E-state index in [2.05, 4.69) is 0 Å². The Morgan fingerprint density at radius 3 is 2.24 bits per heavy atom. The molecule has 1 aromatic carbocycles. The molecule has 0 radical (unpaired) electrons. The molecule has 21 heavy (non-hydrogen) atoms. The molecular formula is C17H22O4. The van der Waals surface area contributed by atoms with Crippen LogP contribution in [0.4, 0.5) is 0 Å². The number of rotatable bonds is 10. The van der Waals surface area contributed by atoms with Crippen molar-refractivity contribution >= 4 is 17.5 Å². The number of esters is 1. The summed E-state index contributed by atoms with van der Waals surface area (Å²) < 4.78 is 4.81. The average molecular weight is 290 g/mol. The second-order valence-corrected chi connectivity index (χ2v) is 4.84. The highest BCUT2D eigenvalue weighted by Crippen LogP contribution is 2.09. The second kappa shape index (κ2) is 9.86. The van der Waals surface area contributed by atoms with Gasteiger partial charge < -0.3 is 4.74 Å². The molecule has 4 nitrogen and oxygen atoms in total. The highest BCUT2D eigenvalue weighted by molar-refractivity contribution is 5.98. The van der Waals surface area contributed by atoms with Gasteiger partial charge in [0.15, 0.2) is 5.78 Å². The zero-order valence-corrected chi connectivity index (χ0v) is 12.5. The lowest BCUT2D eigenvalue weighted by Crippen LogP contribution is -2.06. The zero-order chi connectivity index (χ0) is 15.5. The van der Waals surface area contributed by atoms with Gasteiger partial charge in [0.1, 0.15) is 5.78 Å². The van der Waals surface area contributed by atoms with Crippen LogP contribution in [0.15, 0.2) is 30.3 Å². The predicted molar refractivity (Wildman–Crippen MR) is 80.1 cm³/mol. The van der Waals surface area contributed by atoms with Crippen LogP contribution in [-0.4, -0.2) is 24.1 Å². The minimum Gasteiger partial charge on any atom is -0.466 e. The van der Waals surface area contributed by atoms with Crippen LogP contribution in [0.3, 0.4) is 0 Å². The average Bonchev–Trinajstić information content (AvgIpc) is 2.50. The minimum atomic E-state index is -0.218. The molecule has 0 fully saturated rings. The standard InChI is InChI=1S/C17H22O4/c1-2-21-17(20)11-7-6-10-15(18)12-13-16(19)14-8-4-3-5-9-14/h3-5,8-9H,2,6-7,10-13H2,1H3. The molecule has 0 amide bonds. The summed E-state index contributed by atoms with van der Waals surface area (Å²) in [6.07, 6.45) is 2.60. The molecule has 0 atom stereocenters. The van der Waals surface area contributed by atoms with E-state index in [1.807, 2.05) is 18.2 Å². The van der Waals surface area contributed by atoms with Gasteiger partial charge in [-0.1, -0.05) is 30.3 Å². The number of hydrogen-bond acceptors (Lipinski definition) is 4. The first-order valence-electron chi connectivity index (χ1n) is 7.39. The van der Waals surface area contributed by atoms with Crippen LogP contribution in [0.25, 0.3) is 0 Å². The molecule has 0 heterocycles. The van der Waals surface area contributed by atoms with E-state index < -0.39 is 0 Å². The van der Waals surface area contributed by atoms with E-state index in [1.165, 1.54) is 0 Å². The Morgan fingerprint density at radius 2 is 1.57 bits per heavy atom. The van der Waals surface area contributed by atoms with Crippen molar-refractivity contribution in [1.82, 2.24) is 0 Å². The fourth-order valence-electron chi connectivity index (χ4n) is 1.97. The molecule has 0 aromatic heterocycles. The van der Waals surface area contributed by atoms with Crippen molar-refractivity contribution in [2.45, 2.75) is 45.4 Å². The summed E-state index contributed by atoms with van der Waals surface area (Å²) in [4.78, 5) is 34.6. The van der Waals surface area contributed by atoms with Crippen molar-refractivity contribution in [2.75, 3.05) is 6.61 Å². The van der Waals surface area contributed by atoms with Crippen LogP contribution in [0.5, 0.6) is 0 Å². The SMILES string of the molecule is CCOC(=O)CCCCC(=O)CCC(=O)c1ccccc1. The number of carbonyl (C=O) groups is 3. The molecule has 0 N–H and O–H groups in total. The van der Waals surface area contributed by atoms with Crippen molar-refractivity contribution in [3.63, 3.8) is 0 Å². The second-order valence-electron chi connectivity index (χ2n) is 4.84. The molecule has 0 aliphatic rings. The first-order chi connectivity index (χ1) is 10.1. The molecule has 0 saturated carbocycles. The molecule has 4 heteroatoms. The lowest BCUT2D eigenvalue weighted by Gasteiger charge is -2.02. The molecule has 0 unspecified atom stereocenters. The minimum absolute atomic E-state index is 0.00419. The summed E-state index contributed by atoms with van der Waals surface area (Å²) in [5, 5.41) is 0. The third-order valence-corrected chi connectivity index (χ3v) is 3.12. The Hall–Kier alpha value is -1.97. The van der Waals surface area contributed by atoms with Gasteiger partial charge in [-0.15, -0.1) is 0 Å². The van der Waals surface area contributed by atoms with Crippen molar-refractivity contribution in [3.05, 3.63) is 35.9 Å². The molecule has 1 aromatic rings. The Bertz CT molecular complexity index is 465. The number of carbonyl (C=O) groups excluding carboxylic acids is 3. The largest absolute Gasteiger partial charge is 0.466 e. The molecule has 0 aliphatic carbocycles. The van der Waals surface area contributed by atoms with E-state index in [0.29, 0.717) is 37.9 Å². The zero-order valence-electron chi connectivity index (χ0n) is 12.5. The van der Waals surface area contributed by atoms with Gasteiger partial charge in [-0.3, -0.25) is 14.4 Å². The third kappa shape index (κ3) is 7.40. The number of hydrogen-bond donors (Lipinski definition) is 0. The summed E-state index contributed by atoms with van der Waals surface area (Å²) in [6.45, 7) is 2.16. The fraction of sp³-hybridized carbons (Fsp3) is 0.471. The van der Waals surface area contributed by atoms with E-state index in [4.69, 9.17) is 4.74 Å². The number of unbranched alkanes of at least 4 members (excludes halogenated alkanes) is 1. The Balaban J connectivity index is 2.14. The smallest absolute Gasteiger partial charge is 0.305 e. The van der Waals surface area contributed by atoms with Crippen molar-refractivity contribution in [3.8, 4) is 0 Å². The van der Waals surface area contributed by atoms with Gasteiger partial charge in [0.05, 0.1) is 6.61 Å². The molecule has 0 aliphatic heterocycles. The van der Waals surface area contributed by atoms with Crippen LogP contribution in [0.1, 0.15) is 55.8 Å². The van der Waals surface area contributed by atoms with E-state index in [-0.39, 0.29) is 30.4 Å². The maximum absolute atomic E-state index is 11.8. The van der Waals surface area contributed by atoms with E-state index in [9.17, 15) is 14.4 Å². The highest BCUT2D eigenvalue weighted by Gasteiger charge is 2.09. The van der Waals surface area contributed by atoms with Crippen LogP contribution in [0.2, 0.25) is 0 Å². The first-order valence-corrected chi connectivity index (χ1v) is 7.39. The molecular weight excluding hydrogens is 268 g/mol. The van der Waals surface area contributed by atoms with Crippen molar-refractivity contribution in [1.29, 1.82) is 0 Å². The number of benzene rings is 1. The number of ketones is 2. The maximum atomic E-state index is 11.8. The van der Waals surface area contributed by atoms with Gasteiger partial charge in [-0.25, -0.2) is 0 Å². The summed E-state index contributed by atoms with van der Waals surface area (Å²) in [5.74, 6) is -0.150. The Morgan fingerprint density at radius 1 is 0.905 bits per heavy atom. The molecule has 0 bridgehead atoms. The molecule has 114 valence electrons. The molecule has 1 rings (SSSR count). The van der Waals surface area contributed by atoms with Gasteiger partial charge in [0.25, 0.3) is 0 Å². The predicted octanol–water partition coefficient (Wildman–Crippen LogP) is 3.34. The summed E-state index contributed by atoms with van der Waals surface area (Å²) >= 11 is 0. The third-order valence-electron chi connectivity index (χ3n) is 3.12. The molecule has 0 saturated heterocycles. The van der Waals surface area contributed by atoms with Gasteiger partial charge in [-0.05, 0) is 19.8 Å². The fourth-order valence-corrected chi connectivity index (χ4v) is 1.97. The van der Waals surface area contributed by atoms with E-state index >= 15 is 0 Å². The normalized spacial score (nSPS) is 10.1. The Labute approximate surface area is 125 Å². The van der Waals surface area contributed by atoms with Crippen LogP contribution in [0, 0.1) is 0 Å². The molecule has 0 spiro atoms. The summed E-state index contributed by atoms with van der Waals surface area (Å²) in [7, 11) is 0. The lowest BCUT2D eigenvalue weighted by molar-refractivity contribution is -0.143. The van der Waals surface area contributed by atoms with E-state index in [1.54, 1.807) is 19.1 Å². The van der Waals surface area contributed by atoms with Crippen molar-refractivity contribution in [2.24, 2.45) is 0 Å². The quantitative estimate of drug-likeness (QED) is 0.377. The number of Topliss-reactive ketones (excluding diaryl/α,β-unsaturated/α-hetero) is 2. The lowest BCUT2D eigenvalue weighted by atomic mass is 10.0. The van der Waals surface area contributed by atoms with E-state index in [0.717, 1.165) is 0 Å². The van der Waals surface area contributed by atoms with Crippen molar-refractivity contribution < 1.29 is 19.1 Å². The van der Waals surface area contributed by atoms with Crippen LogP contribution < -0.4 is 0 Å². The maximum Gasteiger partial charge on any atom is 0.305 e. The monoisotopic (exact) mass is 290 g/mol. The Kier molecular flexibility index (Phi) is 8.02. The topological polar surface area (TPSA) is 60.4 Å². The summed E-state index contributed by atoms with van der Waals surface area (Å²) in [6, 6.07) is 8.98. The van der Waals surface area contributed by atoms with Gasteiger partial charge in [0.2, 0.25) is 0 Å². The van der Waals surface area contributed by atoms with Crippen LogP contribution >= 0.6 is 0 Å². The first kappa shape index (κ1) is 17.1. The summed E-state index contributed by atoms with van der Waals surface area (Å²) in [5.41, 5.74) is 0.646. The van der Waals surface area contributed by atoms with Gasteiger partial charge >= 0.3 is 5.97 Å². The van der Waals surface area contributed by atoms with Crippen LogP contribution in [-0.2, 0) is 14.3 Å². The highest BCUT2D eigenvalue weighted by atomic mass is 16.5. The van der Waals surface area contributed by atoms with Gasteiger partial charge in [0, 0.05) is 31.2 Å².